The maximum Gasteiger partial charge on any atom is 0.254 e. The summed E-state index contributed by atoms with van der Waals surface area (Å²) in [5.74, 6) is 0.579. The molecule has 0 aromatic heterocycles. The van der Waals surface area contributed by atoms with Crippen LogP contribution in [0.15, 0.2) is 63.0 Å². The molecule has 1 fully saturated rings. The highest BCUT2D eigenvalue weighted by Crippen LogP contribution is 2.20. The fraction of sp³-hybridized carbons (Fsp3) is 0.417. The van der Waals surface area contributed by atoms with Crippen molar-refractivity contribution in [3.8, 4) is 5.75 Å². The van der Waals surface area contributed by atoms with Gasteiger partial charge in [0.2, 0.25) is 10.0 Å². The van der Waals surface area contributed by atoms with Crippen LogP contribution in [0.5, 0.6) is 5.75 Å². The van der Waals surface area contributed by atoms with Crippen LogP contribution in [0.2, 0.25) is 0 Å². The summed E-state index contributed by atoms with van der Waals surface area (Å²) >= 11 is 3.32. The van der Waals surface area contributed by atoms with Gasteiger partial charge in [-0.3, -0.25) is 9.69 Å². The lowest BCUT2D eigenvalue weighted by molar-refractivity contribution is -0.122. The largest absolute Gasteiger partial charge is 0.494 e. The van der Waals surface area contributed by atoms with Gasteiger partial charge >= 0.3 is 0 Å². The van der Waals surface area contributed by atoms with E-state index < -0.39 is 10.0 Å². The van der Waals surface area contributed by atoms with Crippen molar-refractivity contribution in [1.29, 1.82) is 0 Å². The molecule has 0 spiro atoms. The molecule has 3 rings (SSSR count). The van der Waals surface area contributed by atoms with Gasteiger partial charge in [-0.15, -0.1) is 0 Å². The van der Waals surface area contributed by atoms with E-state index >= 15 is 0 Å². The molecule has 0 radical (unpaired) electrons. The molecule has 1 saturated heterocycles. The lowest BCUT2D eigenvalue weighted by Gasteiger charge is -2.33. The van der Waals surface area contributed by atoms with E-state index in [2.05, 4.69) is 33.4 Å². The normalized spacial score (nSPS) is 15.5. The summed E-state index contributed by atoms with van der Waals surface area (Å²) in [6.07, 6.45) is 4.95. The van der Waals surface area contributed by atoms with Gasteiger partial charge in [0.25, 0.3) is 5.91 Å². The first-order valence-electron chi connectivity index (χ1n) is 11.4. The molecule has 1 aliphatic rings. The second-order valence-corrected chi connectivity index (χ2v) is 10.9. The smallest absolute Gasteiger partial charge is 0.254 e. The van der Waals surface area contributed by atoms with Crippen LogP contribution in [0.1, 0.15) is 31.7 Å². The third-order valence-electron chi connectivity index (χ3n) is 5.45. The Labute approximate surface area is 210 Å². The van der Waals surface area contributed by atoms with E-state index in [9.17, 15) is 13.2 Å². The molecule has 184 valence electrons. The van der Waals surface area contributed by atoms with Crippen molar-refractivity contribution in [2.24, 2.45) is 5.10 Å². The van der Waals surface area contributed by atoms with Gasteiger partial charge in [-0.25, -0.2) is 13.8 Å². The average Bonchev–Trinajstić information content (AvgIpc) is 2.83. The van der Waals surface area contributed by atoms with E-state index in [1.54, 1.807) is 30.5 Å². The van der Waals surface area contributed by atoms with Crippen molar-refractivity contribution in [2.75, 3.05) is 39.3 Å². The molecule has 34 heavy (non-hydrogen) atoms. The van der Waals surface area contributed by atoms with Crippen LogP contribution in [0.3, 0.4) is 0 Å². The van der Waals surface area contributed by atoms with E-state index in [0.29, 0.717) is 32.8 Å². The highest BCUT2D eigenvalue weighted by molar-refractivity contribution is 9.10. The molecule has 2 aromatic rings. The van der Waals surface area contributed by atoms with Gasteiger partial charge in [0.05, 0.1) is 24.3 Å². The van der Waals surface area contributed by atoms with Crippen LogP contribution in [0.25, 0.3) is 0 Å². The highest BCUT2D eigenvalue weighted by Gasteiger charge is 2.28. The molecule has 0 bridgehead atoms. The number of unbranched alkanes of at least 4 members (excludes halogenated alkanes) is 2. The molecule has 10 heteroatoms. The fourth-order valence-corrected chi connectivity index (χ4v) is 5.18. The number of nitrogens with one attached hydrogen (secondary N) is 1. The molecule has 0 aliphatic carbocycles. The third kappa shape index (κ3) is 7.90. The summed E-state index contributed by atoms with van der Waals surface area (Å²) in [5, 5.41) is 4.02. The minimum atomic E-state index is -3.53. The lowest BCUT2D eigenvalue weighted by atomic mass is 10.2. The fourth-order valence-electron chi connectivity index (χ4n) is 3.49. The predicted octanol–water partition coefficient (Wildman–Crippen LogP) is 3.47. The molecule has 1 heterocycles. The number of benzene rings is 2. The Balaban J connectivity index is 1.39. The minimum absolute atomic E-state index is 0.161. The van der Waals surface area contributed by atoms with Gasteiger partial charge in [-0.1, -0.05) is 35.7 Å². The van der Waals surface area contributed by atoms with Gasteiger partial charge in [0.15, 0.2) is 0 Å². The molecule has 8 nitrogen and oxygen atoms in total. The molecule has 0 unspecified atom stereocenters. The zero-order valence-electron chi connectivity index (χ0n) is 19.3. The maximum absolute atomic E-state index is 12.8. The van der Waals surface area contributed by atoms with Crippen molar-refractivity contribution in [1.82, 2.24) is 14.6 Å². The standard InChI is InChI=1S/C24H31BrN4O4S/c1-2-3-4-17-33-22-9-5-20(6-10-22)18-26-27-24(30)19-28-13-15-29(16-14-28)34(31,32)23-11-7-21(25)8-12-23/h5-12,18H,2-4,13-17,19H2,1H3,(H,27,30)/b26-18+. The number of nitrogens with zero attached hydrogens (tertiary/aromatic N) is 3. The zero-order valence-corrected chi connectivity index (χ0v) is 21.7. The number of halogens is 1. The predicted molar refractivity (Wildman–Crippen MR) is 137 cm³/mol. The number of carbonyl (C=O) groups is 1. The number of carbonyl (C=O) groups excluding carboxylic acids is 1. The summed E-state index contributed by atoms with van der Waals surface area (Å²) in [7, 11) is -3.53. The summed E-state index contributed by atoms with van der Waals surface area (Å²) < 4.78 is 33.5. The number of piperazine rings is 1. The van der Waals surface area contributed by atoms with E-state index in [1.165, 1.54) is 4.31 Å². The number of ether oxygens (including phenoxy) is 1. The van der Waals surface area contributed by atoms with Crippen LogP contribution in [-0.2, 0) is 14.8 Å². The second-order valence-electron chi connectivity index (χ2n) is 8.05. The number of rotatable bonds is 11. The zero-order chi connectivity index (χ0) is 24.4. The SMILES string of the molecule is CCCCCOc1ccc(/C=N/NC(=O)CN2CCN(S(=O)(=O)c3ccc(Br)cc3)CC2)cc1. The first-order chi connectivity index (χ1) is 16.4. The Hall–Kier alpha value is -2.27. The van der Waals surface area contributed by atoms with E-state index in [-0.39, 0.29) is 17.3 Å². The first kappa shape index (κ1) is 26.3. The van der Waals surface area contributed by atoms with E-state index in [1.807, 2.05) is 29.2 Å². The molecule has 1 N–H and O–H groups in total. The summed E-state index contributed by atoms with van der Waals surface area (Å²) in [6, 6.07) is 14.1. The number of amides is 1. The first-order valence-corrected chi connectivity index (χ1v) is 13.6. The topological polar surface area (TPSA) is 91.3 Å². The van der Waals surface area contributed by atoms with Crippen LogP contribution in [0.4, 0.5) is 0 Å². The number of hydrazone groups is 1. The maximum atomic E-state index is 12.8. The average molecular weight is 552 g/mol. The summed E-state index contributed by atoms with van der Waals surface area (Å²) in [5.41, 5.74) is 3.39. The molecule has 0 saturated carbocycles. The number of hydrogen-bond acceptors (Lipinski definition) is 6. The van der Waals surface area contributed by atoms with Crippen molar-refractivity contribution < 1.29 is 17.9 Å². The third-order valence-corrected chi connectivity index (χ3v) is 7.89. The Morgan fingerprint density at radius 1 is 1.06 bits per heavy atom. The van der Waals surface area contributed by atoms with Crippen molar-refractivity contribution >= 4 is 38.1 Å². The van der Waals surface area contributed by atoms with E-state index in [0.717, 1.165) is 35.0 Å². The van der Waals surface area contributed by atoms with Gasteiger partial charge in [0, 0.05) is 30.7 Å². The van der Waals surface area contributed by atoms with Crippen LogP contribution >= 0.6 is 15.9 Å². The van der Waals surface area contributed by atoms with Gasteiger partial charge in [-0.2, -0.15) is 9.41 Å². The number of sulfonamides is 1. The Morgan fingerprint density at radius 2 is 1.74 bits per heavy atom. The second kappa shape index (κ2) is 13.0. The molecule has 1 aliphatic heterocycles. The van der Waals surface area contributed by atoms with Gasteiger partial charge in [0.1, 0.15) is 5.75 Å². The van der Waals surface area contributed by atoms with Crippen molar-refractivity contribution in [3.63, 3.8) is 0 Å². The Morgan fingerprint density at radius 3 is 2.38 bits per heavy atom. The van der Waals surface area contributed by atoms with Crippen LogP contribution in [-0.4, -0.2) is 69.1 Å². The minimum Gasteiger partial charge on any atom is -0.494 e. The Bertz CT molecular complexity index is 1050. The number of hydrogen-bond donors (Lipinski definition) is 1. The molecule has 1 amide bonds. The molecular formula is C24H31BrN4O4S. The van der Waals surface area contributed by atoms with Crippen molar-refractivity contribution in [2.45, 2.75) is 31.1 Å². The Kier molecular flexibility index (Phi) is 10.1. The van der Waals surface area contributed by atoms with Crippen LogP contribution in [0, 0.1) is 0 Å². The van der Waals surface area contributed by atoms with Gasteiger partial charge < -0.3 is 4.74 Å². The quantitative estimate of drug-likeness (QED) is 0.263. The molecule has 0 atom stereocenters. The van der Waals surface area contributed by atoms with E-state index in [4.69, 9.17) is 4.74 Å². The molecule has 2 aromatic carbocycles. The van der Waals surface area contributed by atoms with Crippen molar-refractivity contribution in [3.05, 3.63) is 58.6 Å². The molecular weight excluding hydrogens is 520 g/mol. The van der Waals surface area contributed by atoms with Crippen LogP contribution < -0.4 is 10.2 Å². The van der Waals surface area contributed by atoms with Gasteiger partial charge in [-0.05, 0) is 60.5 Å². The highest BCUT2D eigenvalue weighted by atomic mass is 79.9. The monoisotopic (exact) mass is 550 g/mol. The summed E-state index contributed by atoms with van der Waals surface area (Å²) in [4.78, 5) is 14.4. The lowest BCUT2D eigenvalue weighted by Crippen LogP contribution is -2.50. The summed E-state index contributed by atoms with van der Waals surface area (Å²) in [6.45, 7) is 4.66.